The van der Waals surface area contributed by atoms with Gasteiger partial charge in [-0.25, -0.2) is 15.0 Å². The summed E-state index contributed by atoms with van der Waals surface area (Å²) in [6, 6.07) is 8.46. The first kappa shape index (κ1) is 11.6. The van der Waals surface area contributed by atoms with Crippen molar-refractivity contribution in [1.29, 1.82) is 0 Å². The van der Waals surface area contributed by atoms with Gasteiger partial charge in [0.2, 0.25) is 0 Å². The normalized spacial score (nSPS) is 10.6. The fourth-order valence-corrected chi connectivity index (χ4v) is 2.06. The molecule has 0 atom stereocenters. The Morgan fingerprint density at radius 1 is 1.05 bits per heavy atom. The highest BCUT2D eigenvalue weighted by Gasteiger charge is 2.09. The Kier molecular flexibility index (Phi) is 3.06. The van der Waals surface area contributed by atoms with E-state index < -0.39 is 0 Å². The molecular weight excluding hydrogens is 236 g/mol. The topological polar surface area (TPSA) is 54.5 Å². The van der Waals surface area contributed by atoms with E-state index in [2.05, 4.69) is 51.1 Å². The SMILES string of the molecule is CCc1ccc(-c2ncncc2-c2cnc[nH]2)cc1. The number of rotatable bonds is 3. The molecule has 0 aliphatic heterocycles. The maximum Gasteiger partial charge on any atom is 0.116 e. The van der Waals surface area contributed by atoms with Crippen LogP contribution in [0.25, 0.3) is 22.5 Å². The molecule has 19 heavy (non-hydrogen) atoms. The first-order valence-electron chi connectivity index (χ1n) is 6.26. The van der Waals surface area contributed by atoms with Gasteiger partial charge in [0, 0.05) is 17.3 Å². The Hall–Kier alpha value is -2.49. The van der Waals surface area contributed by atoms with Gasteiger partial charge in [-0.3, -0.25) is 0 Å². The van der Waals surface area contributed by atoms with Crippen LogP contribution in [0.5, 0.6) is 0 Å². The maximum atomic E-state index is 4.40. The molecule has 0 saturated carbocycles. The standard InChI is InChI=1S/C15H14N4/c1-2-11-3-5-12(6-4-11)15-13(7-16-10-19-15)14-8-17-9-18-14/h3-10H,2H2,1H3,(H,17,18). The van der Waals surface area contributed by atoms with Crippen LogP contribution in [0.3, 0.4) is 0 Å². The van der Waals surface area contributed by atoms with Crippen LogP contribution < -0.4 is 0 Å². The smallest absolute Gasteiger partial charge is 0.116 e. The van der Waals surface area contributed by atoms with Gasteiger partial charge < -0.3 is 4.98 Å². The second-order valence-electron chi connectivity index (χ2n) is 4.30. The summed E-state index contributed by atoms with van der Waals surface area (Å²) >= 11 is 0. The van der Waals surface area contributed by atoms with Crippen molar-refractivity contribution in [1.82, 2.24) is 19.9 Å². The highest BCUT2D eigenvalue weighted by Crippen LogP contribution is 2.27. The van der Waals surface area contributed by atoms with Crippen LogP contribution in [0.1, 0.15) is 12.5 Å². The Balaban J connectivity index is 2.09. The van der Waals surface area contributed by atoms with Crippen LogP contribution in [0.15, 0.2) is 49.3 Å². The maximum absolute atomic E-state index is 4.40. The molecule has 3 rings (SSSR count). The zero-order chi connectivity index (χ0) is 13.1. The van der Waals surface area contributed by atoms with Gasteiger partial charge in [0.05, 0.1) is 23.9 Å². The van der Waals surface area contributed by atoms with E-state index in [0.717, 1.165) is 28.9 Å². The predicted octanol–water partition coefficient (Wildman–Crippen LogP) is 3.10. The average Bonchev–Trinajstić information content (AvgIpc) is 3.01. The van der Waals surface area contributed by atoms with Crippen LogP contribution in [0, 0.1) is 0 Å². The van der Waals surface area contributed by atoms with Crippen molar-refractivity contribution in [3.05, 3.63) is 54.9 Å². The fourth-order valence-electron chi connectivity index (χ4n) is 2.06. The van der Waals surface area contributed by atoms with Crippen LogP contribution in [0.4, 0.5) is 0 Å². The summed E-state index contributed by atoms with van der Waals surface area (Å²) < 4.78 is 0. The Morgan fingerprint density at radius 2 is 1.89 bits per heavy atom. The number of aromatic nitrogens is 4. The molecule has 0 bridgehead atoms. The molecule has 4 heteroatoms. The monoisotopic (exact) mass is 250 g/mol. The summed E-state index contributed by atoms with van der Waals surface area (Å²) in [5.41, 5.74) is 5.21. The Bertz CT molecular complexity index is 657. The third-order valence-corrected chi connectivity index (χ3v) is 3.14. The summed E-state index contributed by atoms with van der Waals surface area (Å²) in [5.74, 6) is 0. The Labute approximate surface area is 111 Å². The van der Waals surface area contributed by atoms with Crippen LogP contribution in [-0.4, -0.2) is 19.9 Å². The minimum atomic E-state index is 0.918. The number of nitrogens with zero attached hydrogens (tertiary/aromatic N) is 3. The quantitative estimate of drug-likeness (QED) is 0.777. The van der Waals surface area contributed by atoms with E-state index in [0.29, 0.717) is 0 Å². The lowest BCUT2D eigenvalue weighted by molar-refractivity contribution is 1.14. The van der Waals surface area contributed by atoms with Crippen LogP contribution in [-0.2, 0) is 6.42 Å². The highest BCUT2D eigenvalue weighted by atomic mass is 14.9. The molecule has 4 nitrogen and oxygen atoms in total. The lowest BCUT2D eigenvalue weighted by Gasteiger charge is -2.07. The minimum absolute atomic E-state index is 0.918. The van der Waals surface area contributed by atoms with Crippen molar-refractivity contribution in [2.75, 3.05) is 0 Å². The average molecular weight is 250 g/mol. The van der Waals surface area contributed by atoms with E-state index >= 15 is 0 Å². The fraction of sp³-hybridized carbons (Fsp3) is 0.133. The van der Waals surface area contributed by atoms with Crippen LogP contribution >= 0.6 is 0 Å². The van der Waals surface area contributed by atoms with E-state index in [4.69, 9.17) is 0 Å². The van der Waals surface area contributed by atoms with Gasteiger partial charge in [-0.1, -0.05) is 31.2 Å². The number of hydrogen-bond acceptors (Lipinski definition) is 3. The molecule has 94 valence electrons. The molecule has 1 aromatic carbocycles. The van der Waals surface area contributed by atoms with Gasteiger partial charge in [0.1, 0.15) is 6.33 Å². The van der Waals surface area contributed by atoms with Gasteiger partial charge in [-0.2, -0.15) is 0 Å². The summed E-state index contributed by atoms with van der Waals surface area (Å²) in [6.07, 6.45) is 7.86. The lowest BCUT2D eigenvalue weighted by Crippen LogP contribution is -1.91. The van der Waals surface area contributed by atoms with E-state index in [9.17, 15) is 0 Å². The first-order chi connectivity index (χ1) is 9.38. The van der Waals surface area contributed by atoms with Crippen molar-refractivity contribution in [2.45, 2.75) is 13.3 Å². The zero-order valence-corrected chi connectivity index (χ0v) is 10.7. The molecule has 2 heterocycles. The highest BCUT2D eigenvalue weighted by molar-refractivity contribution is 5.77. The van der Waals surface area contributed by atoms with E-state index in [1.165, 1.54) is 5.56 Å². The first-order valence-corrected chi connectivity index (χ1v) is 6.26. The van der Waals surface area contributed by atoms with Crippen molar-refractivity contribution < 1.29 is 0 Å². The van der Waals surface area contributed by atoms with Crippen molar-refractivity contribution in [2.24, 2.45) is 0 Å². The van der Waals surface area contributed by atoms with Gasteiger partial charge in [0.25, 0.3) is 0 Å². The van der Waals surface area contributed by atoms with Gasteiger partial charge in [-0.15, -0.1) is 0 Å². The van der Waals surface area contributed by atoms with Crippen LogP contribution in [0.2, 0.25) is 0 Å². The molecular formula is C15H14N4. The summed E-state index contributed by atoms with van der Waals surface area (Å²) in [4.78, 5) is 15.6. The molecule has 0 aliphatic carbocycles. The molecule has 0 amide bonds. The molecule has 1 N–H and O–H groups in total. The number of nitrogens with one attached hydrogen (secondary N) is 1. The van der Waals surface area contributed by atoms with Gasteiger partial charge >= 0.3 is 0 Å². The summed E-state index contributed by atoms with van der Waals surface area (Å²) in [7, 11) is 0. The number of H-pyrrole nitrogens is 1. The van der Waals surface area contributed by atoms with Crippen molar-refractivity contribution in [3.8, 4) is 22.5 Å². The lowest BCUT2D eigenvalue weighted by atomic mass is 10.0. The zero-order valence-electron chi connectivity index (χ0n) is 10.7. The number of imidazole rings is 1. The molecule has 3 aromatic rings. The number of hydrogen-bond donors (Lipinski definition) is 1. The summed E-state index contributed by atoms with van der Waals surface area (Å²) in [5, 5.41) is 0. The molecule has 0 saturated heterocycles. The van der Waals surface area contributed by atoms with E-state index in [-0.39, 0.29) is 0 Å². The third kappa shape index (κ3) is 2.25. The summed E-state index contributed by atoms with van der Waals surface area (Å²) in [6.45, 7) is 2.15. The molecule has 0 fully saturated rings. The van der Waals surface area contributed by atoms with E-state index in [1.54, 1.807) is 18.9 Å². The second kappa shape index (κ2) is 5.02. The largest absolute Gasteiger partial charge is 0.345 e. The minimum Gasteiger partial charge on any atom is -0.345 e. The van der Waals surface area contributed by atoms with E-state index in [1.807, 2.05) is 6.20 Å². The molecule has 0 spiro atoms. The third-order valence-electron chi connectivity index (χ3n) is 3.14. The number of benzene rings is 1. The van der Waals surface area contributed by atoms with Gasteiger partial charge in [-0.05, 0) is 12.0 Å². The molecule has 2 aromatic heterocycles. The Morgan fingerprint density at radius 3 is 2.58 bits per heavy atom. The van der Waals surface area contributed by atoms with Gasteiger partial charge in [0.15, 0.2) is 0 Å². The van der Waals surface area contributed by atoms with Crippen molar-refractivity contribution >= 4 is 0 Å². The number of aromatic amines is 1. The number of aryl methyl sites for hydroxylation is 1. The predicted molar refractivity (Wildman–Crippen MR) is 74.4 cm³/mol. The molecule has 0 aliphatic rings. The van der Waals surface area contributed by atoms with Crippen molar-refractivity contribution in [3.63, 3.8) is 0 Å². The molecule has 0 unspecified atom stereocenters. The molecule has 0 radical (unpaired) electrons. The second-order valence-corrected chi connectivity index (χ2v) is 4.30.